The number of phosphoric ester groups is 1. The predicted molar refractivity (Wildman–Crippen MR) is 245 cm³/mol. The van der Waals surface area contributed by atoms with Crippen molar-refractivity contribution in [3.63, 3.8) is 0 Å². The lowest BCUT2D eigenvalue weighted by molar-refractivity contribution is -0.178. The van der Waals surface area contributed by atoms with Crippen molar-refractivity contribution in [2.75, 3.05) is 0 Å². The number of hydrogen-bond acceptors (Lipinski definition) is 5. The molecule has 8 aromatic rings. The third-order valence-electron chi connectivity index (χ3n) is 12.0. The van der Waals surface area contributed by atoms with E-state index in [9.17, 15) is 4.89 Å². The lowest BCUT2D eigenvalue weighted by Crippen LogP contribution is -2.53. The van der Waals surface area contributed by atoms with Gasteiger partial charge in [0.05, 0.1) is 0 Å². The van der Waals surface area contributed by atoms with Gasteiger partial charge in [0, 0.05) is 0 Å². The van der Waals surface area contributed by atoms with Gasteiger partial charge in [-0.15, -0.1) is 0 Å². The first kappa shape index (κ1) is 39.9. The van der Waals surface area contributed by atoms with Gasteiger partial charge in [0.25, 0.3) is 0 Å². The zero-order valence-corrected chi connectivity index (χ0v) is 35.3. The van der Waals surface area contributed by atoms with Gasteiger partial charge < -0.3 is 14.4 Å². The van der Waals surface area contributed by atoms with E-state index in [4.69, 9.17) is 18.5 Å². The van der Waals surface area contributed by atoms with E-state index < -0.39 is 37.0 Å². The van der Waals surface area contributed by atoms with Crippen molar-refractivity contribution >= 4 is 7.82 Å². The van der Waals surface area contributed by atoms with Crippen molar-refractivity contribution in [2.45, 2.75) is 43.0 Å². The molecule has 2 saturated heterocycles. The molecule has 0 unspecified atom stereocenters. The van der Waals surface area contributed by atoms with Crippen LogP contribution in [0.1, 0.15) is 36.1 Å². The Bertz CT molecular complexity index is 2540. The Balaban J connectivity index is 1.29. The standard InChI is InChI=1S/C55H45O6P/c1-53(2)58-51-52(59-53)55(49-33-17-29-45(37-49)41-23-11-5-12-24-41,50-34-18-30-46(38-50)42-25-13-6-14-26-42)61-62(56,57)60-54(51,47-31-15-27-43(35-47)39-19-7-3-8-20-39)48-32-16-28-44(36-48)40-21-9-4-10-22-40/h3-38,51-52H,1-2H3,(H,56,57)/t51-,52-/m1/s1. The number of rotatable bonds is 8. The maximum Gasteiger partial charge on any atom is 0.474 e. The van der Waals surface area contributed by atoms with Crippen LogP contribution in [0.5, 0.6) is 0 Å². The van der Waals surface area contributed by atoms with Crippen molar-refractivity contribution < 1.29 is 28.0 Å². The summed E-state index contributed by atoms with van der Waals surface area (Å²) < 4.78 is 43.9. The van der Waals surface area contributed by atoms with Crippen molar-refractivity contribution in [3.05, 3.63) is 241 Å². The molecule has 2 aliphatic heterocycles. The summed E-state index contributed by atoms with van der Waals surface area (Å²) in [5.41, 5.74) is 6.37. The van der Waals surface area contributed by atoms with Crippen LogP contribution in [0, 0.1) is 0 Å². The highest BCUT2D eigenvalue weighted by molar-refractivity contribution is 7.47. The molecule has 2 fully saturated rings. The molecule has 0 amide bonds. The summed E-state index contributed by atoms with van der Waals surface area (Å²) >= 11 is 0. The van der Waals surface area contributed by atoms with Crippen LogP contribution in [0.3, 0.4) is 0 Å². The SMILES string of the molecule is CC1(C)O[C@@H]2[C@@H](O1)C(c1cccc(-c3ccccc3)c1)(c1cccc(-c3ccccc3)c1)OP(=O)(O)OC2(c1cccc(-c2ccccc2)c1)c1cccc(-c2ccccc2)c1. The average molecular weight is 833 g/mol. The van der Waals surface area contributed by atoms with E-state index in [0.717, 1.165) is 44.5 Å². The number of hydrogen-bond donors (Lipinski definition) is 1. The number of fused-ring (bicyclic) bond motifs is 1. The third kappa shape index (κ3) is 7.25. The van der Waals surface area contributed by atoms with Crippen molar-refractivity contribution in [2.24, 2.45) is 0 Å². The summed E-state index contributed by atoms with van der Waals surface area (Å²) in [5, 5.41) is 0. The number of benzene rings is 8. The van der Waals surface area contributed by atoms with Gasteiger partial charge in [-0.25, -0.2) is 4.57 Å². The topological polar surface area (TPSA) is 74.2 Å². The van der Waals surface area contributed by atoms with Crippen molar-refractivity contribution in [1.82, 2.24) is 0 Å². The van der Waals surface area contributed by atoms with Crippen LogP contribution < -0.4 is 0 Å². The summed E-state index contributed by atoms with van der Waals surface area (Å²) in [7, 11) is -5.14. The van der Waals surface area contributed by atoms with Crippen LogP contribution in [-0.4, -0.2) is 22.9 Å². The molecule has 2 atom stereocenters. The highest BCUT2D eigenvalue weighted by Crippen LogP contribution is 2.67. The molecule has 7 heteroatoms. The smallest absolute Gasteiger partial charge is 0.341 e. The zero-order valence-electron chi connectivity index (χ0n) is 34.4. The molecule has 0 aromatic heterocycles. The largest absolute Gasteiger partial charge is 0.474 e. The number of ether oxygens (including phenoxy) is 2. The Kier molecular flexibility index (Phi) is 10.2. The summed E-state index contributed by atoms with van der Waals surface area (Å²) in [6.45, 7) is 3.74. The third-order valence-corrected chi connectivity index (χ3v) is 13.0. The Morgan fingerprint density at radius 2 is 0.613 bits per heavy atom. The first-order valence-electron chi connectivity index (χ1n) is 20.9. The van der Waals surface area contributed by atoms with E-state index in [1.165, 1.54) is 0 Å². The molecule has 0 bridgehead atoms. The molecule has 306 valence electrons. The monoisotopic (exact) mass is 832 g/mol. The highest BCUT2D eigenvalue weighted by atomic mass is 31.2. The summed E-state index contributed by atoms with van der Waals surface area (Å²) in [6, 6.07) is 72.0. The minimum absolute atomic E-state index is 0.602. The second-order valence-electron chi connectivity index (χ2n) is 16.4. The summed E-state index contributed by atoms with van der Waals surface area (Å²) in [4.78, 5) is 12.7. The van der Waals surface area contributed by atoms with Crippen LogP contribution >= 0.6 is 7.82 Å². The van der Waals surface area contributed by atoms with Crippen LogP contribution in [0.15, 0.2) is 218 Å². The van der Waals surface area contributed by atoms with E-state index in [-0.39, 0.29) is 0 Å². The second kappa shape index (κ2) is 15.9. The molecule has 0 aliphatic carbocycles. The Morgan fingerprint density at radius 3 is 0.871 bits per heavy atom. The van der Waals surface area contributed by atoms with Crippen LogP contribution in [0.4, 0.5) is 0 Å². The second-order valence-corrected chi connectivity index (χ2v) is 17.7. The fraction of sp³-hybridized carbons (Fsp3) is 0.127. The van der Waals surface area contributed by atoms with Gasteiger partial charge in [0.15, 0.2) is 17.0 Å². The Hall–Kier alpha value is -6.21. The summed E-state index contributed by atoms with van der Waals surface area (Å²) in [6.07, 6.45) is -2.14. The minimum Gasteiger partial charge on any atom is -0.341 e. The van der Waals surface area contributed by atoms with Crippen molar-refractivity contribution in [1.29, 1.82) is 0 Å². The molecule has 1 N–H and O–H groups in total. The van der Waals surface area contributed by atoms with Gasteiger partial charge in [-0.1, -0.05) is 194 Å². The van der Waals surface area contributed by atoms with E-state index >= 15 is 4.57 Å². The molecular formula is C55H45O6P. The molecule has 0 spiro atoms. The molecule has 0 saturated carbocycles. The van der Waals surface area contributed by atoms with Crippen LogP contribution in [0.2, 0.25) is 0 Å². The van der Waals surface area contributed by atoms with E-state index in [2.05, 4.69) is 0 Å². The van der Waals surface area contributed by atoms with Gasteiger partial charge in [0.1, 0.15) is 12.2 Å². The maximum absolute atomic E-state index is 15.6. The Labute approximate surface area is 362 Å². The lowest BCUT2D eigenvalue weighted by Gasteiger charge is -2.41. The Morgan fingerprint density at radius 1 is 0.371 bits per heavy atom. The normalized spacial score (nSPS) is 19.5. The fourth-order valence-corrected chi connectivity index (χ4v) is 10.7. The van der Waals surface area contributed by atoms with Crippen LogP contribution in [-0.2, 0) is 34.3 Å². The quantitative estimate of drug-likeness (QED) is 0.154. The first-order valence-corrected chi connectivity index (χ1v) is 22.4. The average Bonchev–Trinajstić information content (AvgIpc) is 3.63. The van der Waals surface area contributed by atoms with Gasteiger partial charge in [-0.2, -0.15) is 0 Å². The van der Waals surface area contributed by atoms with E-state index in [1.54, 1.807) is 0 Å². The molecule has 10 rings (SSSR count). The first-order chi connectivity index (χ1) is 30.1. The minimum atomic E-state index is -5.14. The molecule has 2 aliphatic rings. The molecule has 0 radical (unpaired) electrons. The molecule has 2 heterocycles. The lowest BCUT2D eigenvalue weighted by atomic mass is 9.71. The highest BCUT2D eigenvalue weighted by Gasteiger charge is 2.69. The molecule has 8 aromatic carbocycles. The van der Waals surface area contributed by atoms with Crippen molar-refractivity contribution in [3.8, 4) is 44.5 Å². The molecule has 6 nitrogen and oxygen atoms in total. The van der Waals surface area contributed by atoms with Gasteiger partial charge in [-0.05, 0) is 105 Å². The van der Waals surface area contributed by atoms with Gasteiger partial charge in [0.2, 0.25) is 0 Å². The molecular weight excluding hydrogens is 788 g/mol. The summed E-state index contributed by atoms with van der Waals surface area (Å²) in [5.74, 6) is -1.21. The van der Waals surface area contributed by atoms with Crippen LogP contribution in [0.25, 0.3) is 44.5 Å². The zero-order chi connectivity index (χ0) is 42.4. The van der Waals surface area contributed by atoms with E-state index in [1.807, 2.05) is 232 Å². The number of phosphoric acid groups is 1. The fourth-order valence-electron chi connectivity index (χ4n) is 9.28. The maximum atomic E-state index is 15.6. The predicted octanol–water partition coefficient (Wildman–Crippen LogP) is 13.2. The molecule has 62 heavy (non-hydrogen) atoms. The van der Waals surface area contributed by atoms with Gasteiger partial charge >= 0.3 is 7.82 Å². The van der Waals surface area contributed by atoms with E-state index in [0.29, 0.717) is 22.3 Å². The van der Waals surface area contributed by atoms with Gasteiger partial charge in [-0.3, -0.25) is 9.05 Å².